The number of hydrogen-bond donors (Lipinski definition) is 2. The lowest BCUT2D eigenvalue weighted by atomic mass is 9.96. The highest BCUT2D eigenvalue weighted by molar-refractivity contribution is 5.91. The van der Waals surface area contributed by atoms with Gasteiger partial charge in [0.1, 0.15) is 18.7 Å². The number of carbonyl (C=O) groups is 3. The molecular formula is C25H30N2O5. The SMILES string of the molecule is CCC(C)(NC(=O)OCC1c2ccccc2-c2ccccc21)C(=O)N(CC(=O)O)C(C)C. The molecule has 2 N–H and O–H groups in total. The zero-order valence-corrected chi connectivity index (χ0v) is 18.9. The number of carboxylic acids is 1. The lowest BCUT2D eigenvalue weighted by Crippen LogP contribution is -2.59. The van der Waals surface area contributed by atoms with Gasteiger partial charge in [-0.25, -0.2) is 4.79 Å². The average Bonchev–Trinajstić information content (AvgIpc) is 3.09. The highest BCUT2D eigenvalue weighted by Gasteiger charge is 2.39. The Labute approximate surface area is 188 Å². The summed E-state index contributed by atoms with van der Waals surface area (Å²) >= 11 is 0. The Kier molecular flexibility index (Phi) is 6.87. The van der Waals surface area contributed by atoms with E-state index in [4.69, 9.17) is 9.84 Å². The highest BCUT2D eigenvalue weighted by atomic mass is 16.5. The number of nitrogens with one attached hydrogen (secondary N) is 1. The van der Waals surface area contributed by atoms with Crippen LogP contribution in [0, 0.1) is 0 Å². The van der Waals surface area contributed by atoms with Crippen LogP contribution in [0.25, 0.3) is 11.1 Å². The van der Waals surface area contributed by atoms with E-state index in [1.807, 2.05) is 36.4 Å². The van der Waals surface area contributed by atoms with E-state index in [1.54, 1.807) is 27.7 Å². The van der Waals surface area contributed by atoms with Crippen LogP contribution in [0.4, 0.5) is 4.79 Å². The van der Waals surface area contributed by atoms with Crippen LogP contribution < -0.4 is 5.32 Å². The van der Waals surface area contributed by atoms with Crippen molar-refractivity contribution in [3.63, 3.8) is 0 Å². The van der Waals surface area contributed by atoms with Gasteiger partial charge in [-0.1, -0.05) is 55.5 Å². The van der Waals surface area contributed by atoms with Gasteiger partial charge in [0.05, 0.1) is 0 Å². The maximum atomic E-state index is 13.1. The molecule has 7 nitrogen and oxygen atoms in total. The fourth-order valence-electron chi connectivity index (χ4n) is 4.10. The lowest BCUT2D eigenvalue weighted by molar-refractivity contribution is -0.148. The van der Waals surface area contributed by atoms with Gasteiger partial charge in [-0.2, -0.15) is 0 Å². The van der Waals surface area contributed by atoms with Crippen molar-refractivity contribution in [3.8, 4) is 11.1 Å². The number of carboxylic acid groups (broad SMARTS) is 1. The van der Waals surface area contributed by atoms with E-state index < -0.39 is 30.1 Å². The van der Waals surface area contributed by atoms with Crippen molar-refractivity contribution >= 4 is 18.0 Å². The minimum atomic E-state index is -1.28. The molecule has 0 fully saturated rings. The molecule has 32 heavy (non-hydrogen) atoms. The summed E-state index contributed by atoms with van der Waals surface area (Å²) in [6.07, 6.45) is -0.414. The third-order valence-corrected chi connectivity index (χ3v) is 6.09. The van der Waals surface area contributed by atoms with Gasteiger partial charge in [0, 0.05) is 12.0 Å². The zero-order chi connectivity index (χ0) is 23.5. The third kappa shape index (κ3) is 4.61. The van der Waals surface area contributed by atoms with Gasteiger partial charge in [0.25, 0.3) is 0 Å². The van der Waals surface area contributed by atoms with E-state index in [2.05, 4.69) is 17.4 Å². The number of alkyl carbamates (subject to hydrolysis) is 1. The normalized spacial score (nSPS) is 14.3. The number of benzene rings is 2. The van der Waals surface area contributed by atoms with E-state index in [9.17, 15) is 14.4 Å². The molecule has 0 radical (unpaired) electrons. The maximum Gasteiger partial charge on any atom is 0.408 e. The predicted octanol–water partition coefficient (Wildman–Crippen LogP) is 4.02. The monoisotopic (exact) mass is 438 g/mol. The second-order valence-electron chi connectivity index (χ2n) is 8.56. The number of amides is 2. The zero-order valence-electron chi connectivity index (χ0n) is 18.9. The summed E-state index contributed by atoms with van der Waals surface area (Å²) in [6, 6.07) is 15.8. The molecule has 3 rings (SSSR count). The predicted molar refractivity (Wildman–Crippen MR) is 121 cm³/mol. The molecule has 0 bridgehead atoms. The van der Waals surface area contributed by atoms with Crippen LogP contribution in [0.2, 0.25) is 0 Å². The Bertz CT molecular complexity index is 973. The summed E-state index contributed by atoms with van der Waals surface area (Å²) in [6.45, 7) is 6.54. The Morgan fingerprint density at radius 3 is 2.06 bits per heavy atom. The average molecular weight is 439 g/mol. The summed E-state index contributed by atoms with van der Waals surface area (Å²) in [5.74, 6) is -1.64. The van der Waals surface area contributed by atoms with E-state index >= 15 is 0 Å². The molecule has 2 amide bonds. The molecule has 7 heteroatoms. The van der Waals surface area contributed by atoms with Crippen LogP contribution in [-0.4, -0.2) is 52.7 Å². The van der Waals surface area contributed by atoms with Crippen molar-refractivity contribution in [2.45, 2.75) is 51.6 Å². The molecule has 2 aromatic carbocycles. The summed E-state index contributed by atoms with van der Waals surface area (Å²) < 4.78 is 5.57. The second-order valence-corrected chi connectivity index (χ2v) is 8.56. The number of carbonyl (C=O) groups excluding carboxylic acids is 2. The summed E-state index contributed by atoms with van der Waals surface area (Å²) in [7, 11) is 0. The third-order valence-electron chi connectivity index (χ3n) is 6.09. The number of fused-ring (bicyclic) bond motifs is 3. The molecule has 0 saturated carbocycles. The van der Waals surface area contributed by atoms with Crippen molar-refractivity contribution in [2.24, 2.45) is 0 Å². The minimum Gasteiger partial charge on any atom is -0.480 e. The molecule has 170 valence electrons. The fraction of sp³-hybridized carbons (Fsp3) is 0.400. The smallest absolute Gasteiger partial charge is 0.408 e. The van der Waals surface area contributed by atoms with Crippen LogP contribution in [0.3, 0.4) is 0 Å². The van der Waals surface area contributed by atoms with Gasteiger partial charge in [0.2, 0.25) is 5.91 Å². The first-order chi connectivity index (χ1) is 15.2. The van der Waals surface area contributed by atoms with Crippen LogP contribution in [-0.2, 0) is 14.3 Å². The first-order valence-electron chi connectivity index (χ1n) is 10.8. The first kappa shape index (κ1) is 23.3. The topological polar surface area (TPSA) is 95.9 Å². The lowest BCUT2D eigenvalue weighted by Gasteiger charge is -2.35. The number of ether oxygens (including phenoxy) is 1. The van der Waals surface area contributed by atoms with Gasteiger partial charge in [-0.3, -0.25) is 9.59 Å². The molecule has 2 aromatic rings. The number of nitrogens with zero attached hydrogens (tertiary/aromatic N) is 1. The number of rotatable bonds is 8. The molecule has 0 heterocycles. The van der Waals surface area contributed by atoms with Crippen molar-refractivity contribution in [1.82, 2.24) is 10.2 Å². The van der Waals surface area contributed by atoms with E-state index in [-0.39, 0.29) is 18.6 Å². The standard InChI is InChI=1S/C25H30N2O5/c1-5-25(4,23(30)27(16(2)3)14-22(28)29)26-24(31)32-15-21-19-12-8-6-10-17(19)18-11-7-9-13-20(18)21/h6-13,16,21H,5,14-15H2,1-4H3,(H,26,31)(H,28,29). The van der Waals surface area contributed by atoms with Crippen LogP contribution in [0.15, 0.2) is 48.5 Å². The van der Waals surface area contributed by atoms with Crippen LogP contribution in [0.5, 0.6) is 0 Å². The van der Waals surface area contributed by atoms with Gasteiger partial charge < -0.3 is 20.1 Å². The quantitative estimate of drug-likeness (QED) is 0.649. The van der Waals surface area contributed by atoms with Gasteiger partial charge in [0.15, 0.2) is 0 Å². The van der Waals surface area contributed by atoms with Crippen molar-refractivity contribution < 1.29 is 24.2 Å². The Hall–Kier alpha value is -3.35. The molecule has 0 aromatic heterocycles. The fourth-order valence-corrected chi connectivity index (χ4v) is 4.10. The number of hydrogen-bond acceptors (Lipinski definition) is 4. The number of aliphatic carboxylic acids is 1. The van der Waals surface area contributed by atoms with E-state index in [1.165, 1.54) is 4.90 Å². The molecule has 0 spiro atoms. The second kappa shape index (κ2) is 9.42. The van der Waals surface area contributed by atoms with Gasteiger partial charge in [-0.15, -0.1) is 0 Å². The van der Waals surface area contributed by atoms with Crippen molar-refractivity contribution in [1.29, 1.82) is 0 Å². The van der Waals surface area contributed by atoms with Crippen molar-refractivity contribution in [2.75, 3.05) is 13.2 Å². The Morgan fingerprint density at radius 2 is 1.59 bits per heavy atom. The summed E-state index contributed by atoms with van der Waals surface area (Å²) in [4.78, 5) is 38.2. The van der Waals surface area contributed by atoms with Crippen molar-refractivity contribution in [3.05, 3.63) is 59.7 Å². The summed E-state index contributed by atoms with van der Waals surface area (Å²) in [5, 5.41) is 11.8. The van der Waals surface area contributed by atoms with E-state index in [0.29, 0.717) is 6.42 Å². The Morgan fingerprint density at radius 1 is 1.06 bits per heavy atom. The first-order valence-corrected chi connectivity index (χ1v) is 10.8. The molecule has 0 aliphatic heterocycles. The van der Waals surface area contributed by atoms with Gasteiger partial charge in [-0.05, 0) is 49.4 Å². The van der Waals surface area contributed by atoms with E-state index in [0.717, 1.165) is 22.3 Å². The van der Waals surface area contributed by atoms with Gasteiger partial charge >= 0.3 is 12.1 Å². The molecular weight excluding hydrogens is 408 g/mol. The molecule has 1 unspecified atom stereocenters. The highest BCUT2D eigenvalue weighted by Crippen LogP contribution is 2.44. The Balaban J connectivity index is 1.72. The van der Waals surface area contributed by atoms with Crippen LogP contribution in [0.1, 0.15) is 51.2 Å². The molecule has 1 aliphatic rings. The van der Waals surface area contributed by atoms with Crippen LogP contribution >= 0.6 is 0 Å². The largest absolute Gasteiger partial charge is 0.480 e. The molecule has 1 atom stereocenters. The molecule has 1 aliphatic carbocycles. The maximum absolute atomic E-state index is 13.1. The minimum absolute atomic E-state index is 0.0871. The molecule has 0 saturated heterocycles. The summed E-state index contributed by atoms with van der Waals surface area (Å²) in [5.41, 5.74) is 3.19.